The summed E-state index contributed by atoms with van der Waals surface area (Å²) in [4.78, 5) is 23.5. The van der Waals surface area contributed by atoms with E-state index in [0.717, 1.165) is 16.8 Å². The zero-order chi connectivity index (χ0) is 18.6. The van der Waals surface area contributed by atoms with Gasteiger partial charge in [-0.1, -0.05) is 12.1 Å². The van der Waals surface area contributed by atoms with Crippen LogP contribution in [-0.2, 0) is 4.79 Å². The molecule has 0 saturated heterocycles. The number of halogens is 1. The van der Waals surface area contributed by atoms with Gasteiger partial charge in [-0.3, -0.25) is 9.59 Å². The number of hydrogen-bond acceptors (Lipinski definition) is 4. The lowest BCUT2D eigenvalue weighted by molar-refractivity contribution is -0.122. The normalized spacial score (nSPS) is 11.6. The minimum atomic E-state index is -0.769. The van der Waals surface area contributed by atoms with Crippen molar-refractivity contribution in [2.45, 2.75) is 26.9 Å². The number of methoxy groups -OCH3 is 1. The molecule has 0 fully saturated rings. The fourth-order valence-electron chi connectivity index (χ4n) is 2.24. The molecule has 0 saturated carbocycles. The van der Waals surface area contributed by atoms with Gasteiger partial charge >= 0.3 is 0 Å². The van der Waals surface area contributed by atoms with Crippen LogP contribution < -0.4 is 14.8 Å². The number of amides is 1. The van der Waals surface area contributed by atoms with Crippen LogP contribution >= 0.6 is 15.9 Å². The minimum Gasteiger partial charge on any atom is -0.493 e. The van der Waals surface area contributed by atoms with E-state index < -0.39 is 6.10 Å². The molecule has 2 rings (SSSR count). The summed E-state index contributed by atoms with van der Waals surface area (Å²) < 4.78 is 11.6. The maximum absolute atomic E-state index is 12.4. The van der Waals surface area contributed by atoms with Gasteiger partial charge in [-0.15, -0.1) is 0 Å². The molecule has 132 valence electrons. The van der Waals surface area contributed by atoms with E-state index in [4.69, 9.17) is 9.47 Å². The van der Waals surface area contributed by atoms with E-state index >= 15 is 0 Å². The Hall–Kier alpha value is -2.34. The molecule has 5 nitrogen and oxygen atoms in total. The maximum Gasteiger partial charge on any atom is 0.265 e. The van der Waals surface area contributed by atoms with Crippen molar-refractivity contribution < 1.29 is 19.1 Å². The van der Waals surface area contributed by atoms with Gasteiger partial charge in [0.2, 0.25) is 0 Å². The topological polar surface area (TPSA) is 64.6 Å². The molecule has 1 amide bonds. The highest BCUT2D eigenvalue weighted by Crippen LogP contribution is 2.33. The highest BCUT2D eigenvalue weighted by Gasteiger charge is 2.19. The Morgan fingerprint density at radius 2 is 1.92 bits per heavy atom. The SMILES string of the molecule is COc1cc(Br)c(C=O)cc1O[C@H](C)C(=O)Nc1cc(C)ccc1C. The first-order chi connectivity index (χ1) is 11.8. The fraction of sp³-hybridized carbons (Fsp3) is 0.263. The van der Waals surface area contributed by atoms with Gasteiger partial charge in [-0.2, -0.15) is 0 Å². The molecule has 2 aromatic carbocycles. The fourth-order valence-corrected chi connectivity index (χ4v) is 2.66. The third-order valence-corrected chi connectivity index (χ3v) is 4.42. The third kappa shape index (κ3) is 4.60. The Balaban J connectivity index is 2.18. The second kappa shape index (κ2) is 8.16. The minimum absolute atomic E-state index is 0.286. The van der Waals surface area contributed by atoms with Gasteiger partial charge in [-0.25, -0.2) is 0 Å². The first-order valence-corrected chi connectivity index (χ1v) is 8.52. The second-order valence-corrected chi connectivity index (χ2v) is 6.56. The van der Waals surface area contributed by atoms with Crippen LogP contribution in [-0.4, -0.2) is 25.4 Å². The average molecular weight is 406 g/mol. The zero-order valence-electron chi connectivity index (χ0n) is 14.6. The van der Waals surface area contributed by atoms with Crippen LogP contribution in [0.15, 0.2) is 34.8 Å². The summed E-state index contributed by atoms with van der Waals surface area (Å²) in [5.41, 5.74) is 3.19. The van der Waals surface area contributed by atoms with Gasteiger partial charge in [0.1, 0.15) is 0 Å². The standard InChI is InChI=1S/C19H20BrNO4/c1-11-5-6-12(2)16(7-11)21-19(23)13(3)25-18-8-14(10-22)15(20)9-17(18)24-4/h5-10,13H,1-4H3,(H,21,23)/t13-/m1/s1. The van der Waals surface area contributed by atoms with E-state index in [1.165, 1.54) is 13.2 Å². The molecule has 25 heavy (non-hydrogen) atoms. The summed E-state index contributed by atoms with van der Waals surface area (Å²) in [6, 6.07) is 9.01. The van der Waals surface area contributed by atoms with Gasteiger partial charge in [0.05, 0.1) is 7.11 Å². The van der Waals surface area contributed by atoms with Gasteiger partial charge in [-0.05, 0) is 66.0 Å². The van der Waals surface area contributed by atoms with Crippen LogP contribution in [0.1, 0.15) is 28.4 Å². The molecule has 0 radical (unpaired) electrons. The number of ether oxygens (including phenoxy) is 2. The molecule has 0 unspecified atom stereocenters. The Morgan fingerprint density at radius 1 is 1.20 bits per heavy atom. The summed E-state index contributed by atoms with van der Waals surface area (Å²) in [5.74, 6) is 0.478. The first kappa shape index (κ1) is 19.0. The molecule has 2 aromatic rings. The predicted octanol–water partition coefficient (Wildman–Crippen LogP) is 4.29. The number of benzene rings is 2. The van der Waals surface area contributed by atoms with E-state index in [0.29, 0.717) is 27.8 Å². The predicted molar refractivity (Wildman–Crippen MR) is 101 cm³/mol. The van der Waals surface area contributed by atoms with Gasteiger partial charge in [0.15, 0.2) is 23.9 Å². The maximum atomic E-state index is 12.4. The molecule has 0 aliphatic rings. The highest BCUT2D eigenvalue weighted by atomic mass is 79.9. The van der Waals surface area contributed by atoms with Crippen LogP contribution in [0.3, 0.4) is 0 Å². The molecule has 1 N–H and O–H groups in total. The first-order valence-electron chi connectivity index (χ1n) is 7.73. The van der Waals surface area contributed by atoms with Gasteiger partial charge in [0.25, 0.3) is 5.91 Å². The van der Waals surface area contributed by atoms with Crippen molar-refractivity contribution >= 4 is 33.8 Å². The molecule has 0 aliphatic carbocycles. The number of rotatable bonds is 6. The second-order valence-electron chi connectivity index (χ2n) is 5.71. The number of hydrogen-bond donors (Lipinski definition) is 1. The van der Waals surface area contributed by atoms with Crippen molar-refractivity contribution in [3.63, 3.8) is 0 Å². The van der Waals surface area contributed by atoms with Crippen molar-refractivity contribution in [3.05, 3.63) is 51.5 Å². The average Bonchev–Trinajstić information content (AvgIpc) is 2.59. The lowest BCUT2D eigenvalue weighted by atomic mass is 10.1. The lowest BCUT2D eigenvalue weighted by Crippen LogP contribution is -2.30. The van der Waals surface area contributed by atoms with Crippen LogP contribution in [0, 0.1) is 13.8 Å². The quantitative estimate of drug-likeness (QED) is 0.727. The van der Waals surface area contributed by atoms with Crippen molar-refractivity contribution in [1.82, 2.24) is 0 Å². The summed E-state index contributed by atoms with van der Waals surface area (Å²) in [6.45, 7) is 5.53. The summed E-state index contributed by atoms with van der Waals surface area (Å²) in [7, 11) is 1.50. The molecule has 0 aliphatic heterocycles. The zero-order valence-corrected chi connectivity index (χ0v) is 16.1. The van der Waals surface area contributed by atoms with E-state index in [-0.39, 0.29) is 5.91 Å². The van der Waals surface area contributed by atoms with Crippen molar-refractivity contribution in [2.24, 2.45) is 0 Å². The molecular weight excluding hydrogens is 386 g/mol. The Kier molecular flexibility index (Phi) is 6.20. The van der Waals surface area contributed by atoms with Crippen LogP contribution in [0.5, 0.6) is 11.5 Å². The molecule has 1 atom stereocenters. The molecule has 0 bridgehead atoms. The Bertz CT molecular complexity index is 804. The van der Waals surface area contributed by atoms with Crippen LogP contribution in [0.25, 0.3) is 0 Å². The monoisotopic (exact) mass is 405 g/mol. The molecule has 0 aromatic heterocycles. The van der Waals surface area contributed by atoms with E-state index in [9.17, 15) is 9.59 Å². The number of carbonyl (C=O) groups is 2. The van der Waals surface area contributed by atoms with Crippen LogP contribution in [0.4, 0.5) is 5.69 Å². The van der Waals surface area contributed by atoms with E-state index in [2.05, 4.69) is 21.2 Å². The van der Waals surface area contributed by atoms with Gasteiger partial charge in [0, 0.05) is 15.7 Å². The van der Waals surface area contributed by atoms with E-state index in [1.54, 1.807) is 13.0 Å². The molecular formula is C19H20BrNO4. The third-order valence-electron chi connectivity index (χ3n) is 3.73. The van der Waals surface area contributed by atoms with E-state index in [1.807, 2.05) is 32.0 Å². The number of aldehydes is 1. The summed E-state index contributed by atoms with van der Waals surface area (Å²) >= 11 is 3.29. The van der Waals surface area contributed by atoms with Crippen molar-refractivity contribution in [1.29, 1.82) is 0 Å². The highest BCUT2D eigenvalue weighted by molar-refractivity contribution is 9.10. The lowest BCUT2D eigenvalue weighted by Gasteiger charge is -2.18. The largest absolute Gasteiger partial charge is 0.493 e. The molecule has 6 heteroatoms. The number of nitrogens with one attached hydrogen (secondary N) is 1. The Morgan fingerprint density at radius 3 is 2.56 bits per heavy atom. The smallest absolute Gasteiger partial charge is 0.265 e. The molecule has 0 spiro atoms. The van der Waals surface area contributed by atoms with Crippen molar-refractivity contribution in [3.8, 4) is 11.5 Å². The number of carbonyl (C=O) groups excluding carboxylic acids is 2. The Labute approximate surface area is 155 Å². The summed E-state index contributed by atoms with van der Waals surface area (Å²) in [6.07, 6.45) is -0.0634. The molecule has 0 heterocycles. The number of aryl methyl sites for hydroxylation is 2. The van der Waals surface area contributed by atoms with Gasteiger partial charge < -0.3 is 14.8 Å². The van der Waals surface area contributed by atoms with Crippen molar-refractivity contribution in [2.75, 3.05) is 12.4 Å². The van der Waals surface area contributed by atoms with Crippen LogP contribution in [0.2, 0.25) is 0 Å². The number of anilines is 1. The summed E-state index contributed by atoms with van der Waals surface area (Å²) in [5, 5.41) is 2.86.